The minimum Gasteiger partial charge on any atom is -0.480 e. The zero-order valence-electron chi connectivity index (χ0n) is 49.2. The highest BCUT2D eigenvalue weighted by Crippen LogP contribution is 2.07. The zero-order valence-corrected chi connectivity index (χ0v) is 49.9. The van der Waals surface area contributed by atoms with Gasteiger partial charge in [-0.2, -0.15) is 0 Å². The summed E-state index contributed by atoms with van der Waals surface area (Å²) < 4.78 is 0. The van der Waals surface area contributed by atoms with Gasteiger partial charge in [0.15, 0.2) is 0 Å². The Labute approximate surface area is 456 Å². The van der Waals surface area contributed by atoms with Gasteiger partial charge in [0, 0.05) is 25.5 Å². The predicted octanol–water partition coefficient (Wildman–Crippen LogP) is 17.9. The number of nitrogens with zero attached hydrogens (tertiary/aromatic N) is 1. The summed E-state index contributed by atoms with van der Waals surface area (Å²) in [6.45, 7) is 40.5. The molecule has 4 rings (SSSR count). The lowest BCUT2D eigenvalue weighted by Gasteiger charge is -2.23. The number of carboxylic acid groups (broad SMARTS) is 2. The standard InChI is InChI=1S/C21H23NO2.C12H15NO2.C9H9Cl.C5H11NO.8C2H6.CH4/c1-18(21(23)24)22(16-8-14-19-10-4-2-5-11-19)17-9-15-20-12-6-3-7-13-20;1-10(12(14)15)13-9-5-8-11-6-3-2-4-7-11;10-8-4-7-9-5-2-1-3-6-9;1-4(6-3)5(2)7;8*1-2;/h2-15,18H,16-17H2,1H3,(H,23,24);2-8,10,13H,9H2,1H3,(H,14,15);1-7H,8H2;4,6H,1-3H3;8*1-2H3;1H4/b14-8+,15-9+;8-5+;7-4+;;;;;;;;;;. The van der Waals surface area contributed by atoms with E-state index in [4.69, 9.17) is 16.7 Å². The Morgan fingerprint density at radius 2 is 0.753 bits per heavy atom. The second-order valence-electron chi connectivity index (χ2n) is 12.5. The molecule has 8 nitrogen and oxygen atoms in total. The van der Waals surface area contributed by atoms with Gasteiger partial charge in [-0.15, -0.1) is 11.6 Å². The fraction of sp³-hybridized carbons (Fsp3) is 0.453. The van der Waals surface area contributed by atoms with Crippen molar-refractivity contribution in [3.05, 3.63) is 168 Å². The van der Waals surface area contributed by atoms with Crippen LogP contribution in [0.5, 0.6) is 0 Å². The van der Waals surface area contributed by atoms with Crippen LogP contribution in [0.4, 0.5) is 0 Å². The number of carbonyl (C=O) groups is 3. The number of carboxylic acids is 2. The van der Waals surface area contributed by atoms with Gasteiger partial charge in [-0.1, -0.05) is 288 Å². The van der Waals surface area contributed by atoms with Crippen molar-refractivity contribution in [2.75, 3.05) is 32.6 Å². The molecule has 0 aliphatic rings. The third kappa shape index (κ3) is 60.8. The van der Waals surface area contributed by atoms with Crippen molar-refractivity contribution in [2.24, 2.45) is 0 Å². The van der Waals surface area contributed by atoms with E-state index in [1.165, 1.54) is 5.56 Å². The number of halogens is 1. The monoisotopic (exact) mass is 1040 g/mol. The van der Waals surface area contributed by atoms with E-state index < -0.39 is 24.0 Å². The number of carbonyl (C=O) groups excluding carboxylic acids is 1. The molecule has 73 heavy (non-hydrogen) atoms. The highest BCUT2D eigenvalue weighted by molar-refractivity contribution is 6.19. The van der Waals surface area contributed by atoms with Crippen LogP contribution < -0.4 is 10.6 Å². The van der Waals surface area contributed by atoms with Crippen LogP contribution in [-0.2, 0) is 14.4 Å². The van der Waals surface area contributed by atoms with Gasteiger partial charge in [0.05, 0.1) is 6.04 Å². The quantitative estimate of drug-likeness (QED) is 0.0772. The molecule has 418 valence electrons. The Balaban J connectivity index is -0.000000103. The summed E-state index contributed by atoms with van der Waals surface area (Å²) in [4.78, 5) is 34.0. The lowest BCUT2D eigenvalue weighted by atomic mass is 10.2. The molecule has 0 fully saturated rings. The number of rotatable bonds is 17. The molecule has 0 aromatic heterocycles. The van der Waals surface area contributed by atoms with Crippen molar-refractivity contribution in [2.45, 2.75) is 164 Å². The van der Waals surface area contributed by atoms with Crippen LogP contribution in [0.3, 0.4) is 0 Å². The van der Waals surface area contributed by atoms with Gasteiger partial charge >= 0.3 is 11.9 Å². The average Bonchev–Trinajstić information content (AvgIpc) is 3.46. The molecule has 3 atom stereocenters. The van der Waals surface area contributed by atoms with E-state index in [-0.39, 0.29) is 19.3 Å². The maximum absolute atomic E-state index is 11.3. The summed E-state index contributed by atoms with van der Waals surface area (Å²) in [7, 11) is 1.77. The van der Waals surface area contributed by atoms with Crippen molar-refractivity contribution in [1.29, 1.82) is 0 Å². The van der Waals surface area contributed by atoms with Gasteiger partial charge in [0.25, 0.3) is 0 Å². The largest absolute Gasteiger partial charge is 0.480 e. The van der Waals surface area contributed by atoms with E-state index in [9.17, 15) is 19.5 Å². The number of hydrogen-bond donors (Lipinski definition) is 4. The maximum Gasteiger partial charge on any atom is 0.320 e. The van der Waals surface area contributed by atoms with Crippen molar-refractivity contribution < 1.29 is 24.6 Å². The zero-order chi connectivity index (χ0) is 57.4. The third-order valence-corrected chi connectivity index (χ3v) is 8.25. The molecule has 4 N–H and O–H groups in total. The maximum atomic E-state index is 11.3. The van der Waals surface area contributed by atoms with Crippen molar-refractivity contribution in [3.63, 3.8) is 0 Å². The van der Waals surface area contributed by atoms with E-state index in [0.717, 1.165) is 16.7 Å². The lowest BCUT2D eigenvalue weighted by molar-refractivity contribution is -0.142. The van der Waals surface area contributed by atoms with E-state index in [2.05, 4.69) is 10.6 Å². The van der Waals surface area contributed by atoms with Crippen LogP contribution in [0.1, 0.15) is 168 Å². The van der Waals surface area contributed by atoms with Gasteiger partial charge in [0.1, 0.15) is 17.9 Å². The van der Waals surface area contributed by atoms with Gasteiger partial charge in [-0.3, -0.25) is 19.3 Å². The van der Waals surface area contributed by atoms with E-state index >= 15 is 0 Å². The molecule has 0 heterocycles. The minimum atomic E-state index is -0.830. The first-order valence-electron chi connectivity index (χ1n) is 26.5. The Bertz CT molecular complexity index is 1700. The van der Waals surface area contributed by atoms with Crippen LogP contribution in [-0.4, -0.2) is 83.5 Å². The number of allylic oxidation sites excluding steroid dienone is 1. The Hall–Kier alpha value is -5.38. The van der Waals surface area contributed by atoms with Crippen molar-refractivity contribution >= 4 is 53.6 Å². The number of ketones is 1. The average molecular weight is 1040 g/mol. The predicted molar refractivity (Wildman–Crippen MR) is 333 cm³/mol. The number of likely N-dealkylation sites (N-methyl/N-ethyl adjacent to an activating group) is 1. The first-order valence-corrected chi connectivity index (χ1v) is 27.0. The number of alkyl halides is 1. The van der Waals surface area contributed by atoms with Gasteiger partial charge in [0.2, 0.25) is 0 Å². The minimum absolute atomic E-state index is 0. The van der Waals surface area contributed by atoms with Crippen molar-refractivity contribution in [3.8, 4) is 0 Å². The first-order chi connectivity index (χ1) is 35.0. The molecule has 0 amide bonds. The van der Waals surface area contributed by atoms with Gasteiger partial charge in [-0.25, -0.2) is 0 Å². The topological polar surface area (TPSA) is 119 Å². The number of hydrogen-bond acceptors (Lipinski definition) is 6. The molecule has 4 aromatic carbocycles. The normalized spacial score (nSPS) is 10.3. The fourth-order valence-electron chi connectivity index (χ4n) is 4.36. The molecule has 0 saturated carbocycles. The molecular formula is C64H110ClN3O5. The lowest BCUT2D eigenvalue weighted by Crippen LogP contribution is -2.39. The molecule has 3 unspecified atom stereocenters. The SMILES string of the molecule is C.CC.CC.CC.CC.CC.CC.CC.CC.CC(C(=O)O)N(C/C=C/c1ccccc1)C/C=C/c1ccccc1.CC(NC/C=C/c1ccccc1)C(=O)O.CNC(C)C(C)=O.ClC/C=C/c1ccccc1. The highest BCUT2D eigenvalue weighted by Gasteiger charge is 2.18. The van der Waals surface area contributed by atoms with Crippen LogP contribution in [0.25, 0.3) is 24.3 Å². The van der Waals surface area contributed by atoms with Crippen LogP contribution >= 0.6 is 11.6 Å². The summed E-state index contributed by atoms with van der Waals surface area (Å²) in [5.74, 6) is -0.878. The number of aliphatic carboxylic acids is 2. The molecule has 4 aromatic rings. The number of Topliss-reactive ketones (excluding diaryl/α,β-unsaturated/α-hetero) is 1. The second-order valence-corrected chi connectivity index (χ2v) is 12.8. The summed E-state index contributed by atoms with van der Waals surface area (Å²) in [6, 6.07) is 39.0. The molecule has 9 heteroatoms. The van der Waals surface area contributed by atoms with Gasteiger partial charge < -0.3 is 20.8 Å². The number of benzene rings is 4. The van der Waals surface area contributed by atoms with Crippen LogP contribution in [0, 0.1) is 0 Å². The molecule has 0 bridgehead atoms. The summed E-state index contributed by atoms with van der Waals surface area (Å²) in [5.41, 5.74) is 4.53. The molecule has 0 aliphatic heterocycles. The van der Waals surface area contributed by atoms with Crippen LogP contribution in [0.15, 0.2) is 146 Å². The molecule has 0 saturated heterocycles. The van der Waals surface area contributed by atoms with E-state index in [1.54, 1.807) is 27.8 Å². The second kappa shape index (κ2) is 75.5. The van der Waals surface area contributed by atoms with Crippen molar-refractivity contribution in [1.82, 2.24) is 15.5 Å². The summed E-state index contributed by atoms with van der Waals surface area (Å²) >= 11 is 5.46. The first kappa shape index (κ1) is 87.3. The fourth-order valence-corrected chi connectivity index (χ4v) is 4.45. The third-order valence-electron chi connectivity index (χ3n) is 8.07. The molecular weight excluding hydrogens is 926 g/mol. The Morgan fingerprint density at radius 3 is 0.973 bits per heavy atom. The smallest absolute Gasteiger partial charge is 0.320 e. The summed E-state index contributed by atoms with van der Waals surface area (Å²) in [6.07, 6.45) is 15.8. The number of nitrogens with one attached hydrogen (secondary N) is 2. The Kier molecular flexibility index (Phi) is 90.4. The Morgan fingerprint density at radius 1 is 0.479 bits per heavy atom. The molecule has 0 radical (unpaired) electrons. The molecule has 0 aliphatic carbocycles. The van der Waals surface area contributed by atoms with E-state index in [1.807, 2.05) is 293 Å². The van der Waals surface area contributed by atoms with E-state index in [0.29, 0.717) is 25.5 Å². The van der Waals surface area contributed by atoms with Crippen LogP contribution in [0.2, 0.25) is 0 Å². The highest BCUT2D eigenvalue weighted by atomic mass is 35.5. The van der Waals surface area contributed by atoms with Gasteiger partial charge in [-0.05, 0) is 57.0 Å². The molecule has 0 spiro atoms. The summed E-state index contributed by atoms with van der Waals surface area (Å²) in [5, 5.41) is 23.6.